The molecule has 152 valence electrons. The average Bonchev–Trinajstić information content (AvgIpc) is 3.20. The molecule has 0 aliphatic carbocycles. The molecule has 0 atom stereocenters. The van der Waals surface area contributed by atoms with E-state index in [2.05, 4.69) is 9.62 Å². The predicted molar refractivity (Wildman–Crippen MR) is 104 cm³/mol. The summed E-state index contributed by atoms with van der Waals surface area (Å²) in [5, 5.41) is 0. The van der Waals surface area contributed by atoms with E-state index in [0.29, 0.717) is 0 Å². The third-order valence-electron chi connectivity index (χ3n) is 4.89. The normalized spacial score (nSPS) is 15.0. The Morgan fingerprint density at radius 2 is 1.64 bits per heavy atom. The molecule has 1 aliphatic rings. The summed E-state index contributed by atoms with van der Waals surface area (Å²) in [4.78, 5) is 1.88. The van der Waals surface area contributed by atoms with Gasteiger partial charge in [-0.05, 0) is 37.1 Å². The van der Waals surface area contributed by atoms with E-state index in [4.69, 9.17) is 9.47 Å². The number of likely N-dealkylation sites (tertiary alicyclic amines) is 1. The lowest BCUT2D eigenvalue weighted by atomic mass is 10.1. The fraction of sp³-hybridized carbons (Fsp3) is 0.400. The summed E-state index contributed by atoms with van der Waals surface area (Å²) in [7, 11) is -1.33. The molecule has 1 aliphatic heterocycles. The zero-order chi connectivity index (χ0) is 20.1. The lowest BCUT2D eigenvalue weighted by Crippen LogP contribution is -2.26. The highest BCUT2D eigenvalue weighted by atomic mass is 32.2. The highest BCUT2D eigenvalue weighted by Gasteiger charge is 2.23. The quantitative estimate of drug-likeness (QED) is 0.728. The van der Waals surface area contributed by atoms with Gasteiger partial charge < -0.3 is 9.47 Å². The average molecular weight is 408 g/mol. The largest absolute Gasteiger partial charge is 0.493 e. The summed E-state index contributed by atoms with van der Waals surface area (Å²) >= 11 is 0. The Balaban J connectivity index is 1.79. The van der Waals surface area contributed by atoms with Crippen LogP contribution in [-0.2, 0) is 23.1 Å². The molecule has 0 bridgehead atoms. The summed E-state index contributed by atoms with van der Waals surface area (Å²) in [6.45, 7) is 2.97. The zero-order valence-electron chi connectivity index (χ0n) is 16.1. The van der Waals surface area contributed by atoms with Crippen LogP contribution in [0.4, 0.5) is 4.39 Å². The number of halogens is 1. The van der Waals surface area contributed by atoms with Crippen molar-refractivity contribution < 1.29 is 22.3 Å². The number of nitrogens with zero attached hydrogens (tertiary/aromatic N) is 1. The van der Waals surface area contributed by atoms with Crippen molar-refractivity contribution in [2.75, 3.05) is 27.3 Å². The maximum Gasteiger partial charge on any atom is 0.243 e. The number of ether oxygens (including phenoxy) is 2. The Morgan fingerprint density at radius 3 is 2.29 bits per heavy atom. The molecule has 0 spiro atoms. The van der Waals surface area contributed by atoms with Crippen molar-refractivity contribution >= 4 is 10.0 Å². The van der Waals surface area contributed by atoms with Crippen LogP contribution in [0.15, 0.2) is 41.3 Å². The minimum absolute atomic E-state index is 0.0835. The van der Waals surface area contributed by atoms with Crippen molar-refractivity contribution in [3.05, 3.63) is 53.3 Å². The van der Waals surface area contributed by atoms with Gasteiger partial charge in [0.15, 0.2) is 11.5 Å². The molecule has 0 aromatic heterocycles. The van der Waals surface area contributed by atoms with Gasteiger partial charge in [0.05, 0.1) is 14.2 Å². The monoisotopic (exact) mass is 408 g/mol. The molecule has 0 saturated carbocycles. The van der Waals surface area contributed by atoms with Crippen molar-refractivity contribution in [1.29, 1.82) is 0 Å². The number of hydrogen-bond acceptors (Lipinski definition) is 5. The summed E-state index contributed by atoms with van der Waals surface area (Å²) in [5.74, 6) is -0.607. The minimum atomic E-state index is -4.06. The van der Waals surface area contributed by atoms with Crippen LogP contribution in [0.25, 0.3) is 0 Å². The number of methoxy groups -OCH3 is 2. The van der Waals surface area contributed by atoms with Crippen LogP contribution in [0.1, 0.15) is 24.0 Å². The first-order valence-corrected chi connectivity index (χ1v) is 10.6. The molecule has 28 heavy (non-hydrogen) atoms. The van der Waals surface area contributed by atoms with Gasteiger partial charge in [-0.1, -0.05) is 24.3 Å². The van der Waals surface area contributed by atoms with E-state index in [1.807, 2.05) is 24.3 Å². The van der Waals surface area contributed by atoms with E-state index in [-0.39, 0.29) is 18.0 Å². The Labute approximate surface area is 165 Å². The zero-order valence-corrected chi connectivity index (χ0v) is 16.9. The second-order valence-corrected chi connectivity index (χ2v) is 8.45. The van der Waals surface area contributed by atoms with Gasteiger partial charge in [0.2, 0.25) is 10.0 Å². The van der Waals surface area contributed by atoms with Gasteiger partial charge in [-0.25, -0.2) is 17.5 Å². The van der Waals surface area contributed by atoms with E-state index in [1.165, 1.54) is 27.1 Å². The van der Waals surface area contributed by atoms with Crippen LogP contribution in [0.3, 0.4) is 0 Å². The molecule has 3 rings (SSSR count). The molecule has 1 saturated heterocycles. The summed E-state index contributed by atoms with van der Waals surface area (Å²) in [5.41, 5.74) is 1.94. The highest BCUT2D eigenvalue weighted by molar-refractivity contribution is 7.89. The smallest absolute Gasteiger partial charge is 0.243 e. The van der Waals surface area contributed by atoms with Crippen molar-refractivity contribution in [2.45, 2.75) is 30.8 Å². The molecule has 2 aromatic rings. The molecular formula is C20H25FN2O4S. The van der Waals surface area contributed by atoms with Gasteiger partial charge in [-0.15, -0.1) is 0 Å². The molecule has 0 amide bonds. The lowest BCUT2D eigenvalue weighted by molar-refractivity contribution is 0.330. The van der Waals surface area contributed by atoms with Gasteiger partial charge in [0.25, 0.3) is 0 Å². The first-order chi connectivity index (χ1) is 13.4. The number of rotatable bonds is 8. The van der Waals surface area contributed by atoms with E-state index >= 15 is 0 Å². The lowest BCUT2D eigenvalue weighted by Gasteiger charge is -2.18. The first kappa shape index (κ1) is 20.6. The molecule has 0 unspecified atom stereocenters. The summed E-state index contributed by atoms with van der Waals surface area (Å²) in [6, 6.07) is 9.84. The van der Waals surface area contributed by atoms with Crippen molar-refractivity contribution in [1.82, 2.24) is 9.62 Å². The summed E-state index contributed by atoms with van der Waals surface area (Å²) in [6.07, 6.45) is 2.38. The number of sulfonamides is 1. The SMILES string of the molecule is COc1cc(F)c(S(=O)(=O)NCc2ccccc2CN2CCCC2)cc1OC. The van der Waals surface area contributed by atoms with Crippen LogP contribution in [0.5, 0.6) is 11.5 Å². The van der Waals surface area contributed by atoms with Gasteiger partial charge in [0.1, 0.15) is 10.7 Å². The van der Waals surface area contributed by atoms with E-state index < -0.39 is 20.7 Å². The van der Waals surface area contributed by atoms with Crippen molar-refractivity contribution in [3.63, 3.8) is 0 Å². The third kappa shape index (κ3) is 4.63. The Hall–Kier alpha value is -2.16. The maximum absolute atomic E-state index is 14.4. The van der Waals surface area contributed by atoms with Gasteiger partial charge in [-0.3, -0.25) is 4.90 Å². The Morgan fingerprint density at radius 1 is 1.04 bits per heavy atom. The fourth-order valence-corrected chi connectivity index (χ4v) is 4.44. The van der Waals surface area contributed by atoms with Crippen LogP contribution >= 0.6 is 0 Å². The van der Waals surface area contributed by atoms with E-state index in [9.17, 15) is 12.8 Å². The van der Waals surface area contributed by atoms with E-state index in [0.717, 1.165) is 42.9 Å². The number of nitrogens with one attached hydrogen (secondary N) is 1. The van der Waals surface area contributed by atoms with Crippen LogP contribution < -0.4 is 14.2 Å². The van der Waals surface area contributed by atoms with Gasteiger partial charge >= 0.3 is 0 Å². The molecule has 6 nitrogen and oxygen atoms in total. The Kier molecular flexibility index (Phi) is 6.53. The maximum atomic E-state index is 14.4. The standard InChI is InChI=1S/C20H25FN2O4S/c1-26-18-11-17(21)20(12-19(18)27-2)28(24,25)22-13-15-7-3-4-8-16(15)14-23-9-5-6-10-23/h3-4,7-8,11-12,22H,5-6,9-10,13-14H2,1-2H3. The van der Waals surface area contributed by atoms with Crippen LogP contribution in [0.2, 0.25) is 0 Å². The van der Waals surface area contributed by atoms with Gasteiger partial charge in [0, 0.05) is 25.2 Å². The molecule has 8 heteroatoms. The van der Waals surface area contributed by atoms with Gasteiger partial charge in [-0.2, -0.15) is 0 Å². The first-order valence-electron chi connectivity index (χ1n) is 9.15. The highest BCUT2D eigenvalue weighted by Crippen LogP contribution is 2.32. The summed E-state index contributed by atoms with van der Waals surface area (Å²) < 4.78 is 52.4. The second-order valence-electron chi connectivity index (χ2n) is 6.71. The Bertz CT molecular complexity index is 928. The van der Waals surface area contributed by atoms with Crippen LogP contribution in [-0.4, -0.2) is 40.6 Å². The molecule has 1 N–H and O–H groups in total. The second kappa shape index (κ2) is 8.89. The number of benzene rings is 2. The minimum Gasteiger partial charge on any atom is -0.493 e. The van der Waals surface area contributed by atoms with Crippen molar-refractivity contribution in [3.8, 4) is 11.5 Å². The van der Waals surface area contributed by atoms with E-state index in [1.54, 1.807) is 0 Å². The molecular weight excluding hydrogens is 383 g/mol. The van der Waals surface area contributed by atoms with Crippen molar-refractivity contribution in [2.24, 2.45) is 0 Å². The fourth-order valence-electron chi connectivity index (χ4n) is 3.36. The van der Waals surface area contributed by atoms with Crippen LogP contribution in [0, 0.1) is 5.82 Å². The molecule has 2 aromatic carbocycles. The topological polar surface area (TPSA) is 67.9 Å². The molecule has 1 heterocycles. The predicted octanol–water partition coefficient (Wildman–Crippen LogP) is 2.92. The third-order valence-corrected chi connectivity index (χ3v) is 6.31. The number of hydrogen-bond donors (Lipinski definition) is 1. The molecule has 0 radical (unpaired) electrons. The molecule has 1 fully saturated rings.